The zero-order chi connectivity index (χ0) is 0. The van der Waals surface area contributed by atoms with Gasteiger partial charge in [-0.25, -0.2) is 0 Å². The molecular weight excluding hydrogens is 417 g/mol. The molecule has 0 amide bonds. The third-order valence-corrected chi connectivity index (χ3v) is 0. The average Bonchev–Trinajstić information content (AvgIpc) is 0. The van der Waals surface area contributed by atoms with Crippen LogP contribution in [-0.2, 0) is 62.3 Å². The van der Waals surface area contributed by atoms with Crippen molar-refractivity contribution in [3.63, 3.8) is 0 Å². The fraction of sp³-hybridized carbons (Fsp3) is 0. The Morgan fingerprint density at radius 1 is 1.00 bits per heavy atom. The molecule has 4 heteroatoms. The molecule has 0 aromatic rings. The Morgan fingerprint density at radius 3 is 1.00 bits per heavy atom. The summed E-state index contributed by atoms with van der Waals surface area (Å²) in [6.45, 7) is 0. The van der Waals surface area contributed by atoms with Crippen LogP contribution in [0.25, 0.3) is 0 Å². The van der Waals surface area contributed by atoms with Crippen LogP contribution in [0.4, 0.5) is 0 Å². The summed E-state index contributed by atoms with van der Waals surface area (Å²) in [4.78, 5) is 0. The summed E-state index contributed by atoms with van der Waals surface area (Å²) in [5.41, 5.74) is 0. The summed E-state index contributed by atoms with van der Waals surface area (Å²) in [6.07, 6.45) is 0. The molecule has 4 heavy (non-hydrogen) atoms. The molecule has 0 rings (SSSR count). The minimum Gasteiger partial charge on any atom is 0 e. The largest absolute Gasteiger partial charge is 0 e. The van der Waals surface area contributed by atoms with Crippen LogP contribution in [0.2, 0.25) is 0 Å². The topological polar surface area (TPSA) is 0 Å². The van der Waals surface area contributed by atoms with Crippen molar-refractivity contribution in [1.29, 1.82) is 0 Å². The molecule has 22 valence electrons. The van der Waals surface area contributed by atoms with Gasteiger partial charge in [0.15, 0.2) is 0 Å². The second kappa shape index (κ2) is 17.6. The summed E-state index contributed by atoms with van der Waals surface area (Å²) in [6, 6.07) is 0. The fourth-order valence-electron chi connectivity index (χ4n) is 0. The van der Waals surface area contributed by atoms with Gasteiger partial charge in [-0.1, -0.05) is 0 Å². The van der Waals surface area contributed by atoms with Crippen LogP contribution >= 0.6 is 0 Å². The normalized spacial score (nSPS) is 0. The van der Waals surface area contributed by atoms with Crippen LogP contribution < -0.4 is 0 Å². The van der Waals surface area contributed by atoms with Crippen LogP contribution in [0.15, 0.2) is 0 Å². The van der Waals surface area contributed by atoms with E-state index >= 15 is 0 Å². The van der Waals surface area contributed by atoms with E-state index in [0.29, 0.717) is 0 Å². The second-order valence-corrected chi connectivity index (χ2v) is 0. The van der Waals surface area contributed by atoms with E-state index in [9.17, 15) is 0 Å². The van der Waals surface area contributed by atoms with Crippen molar-refractivity contribution in [3.8, 4) is 0 Å². The molecule has 0 aromatic heterocycles. The van der Waals surface area contributed by atoms with Crippen molar-refractivity contribution in [1.82, 2.24) is 0 Å². The predicted octanol–water partition coefficient (Wildman–Crippen LogP) is -1.46. The standard InChI is InChI=1S/GeH4.Nb.Re.Zn/h1H4;;;. The molecule has 0 atom stereocenters. The Balaban J connectivity index is 0. The maximum Gasteiger partial charge on any atom is 0 e. The first-order valence-electron chi connectivity index (χ1n) is 0. The van der Waals surface area contributed by atoms with Crippen LogP contribution in [0.1, 0.15) is 0 Å². The first-order chi connectivity index (χ1) is 0. The van der Waals surface area contributed by atoms with Crippen LogP contribution in [-0.4, -0.2) is 17.6 Å². The zero-order valence-electron chi connectivity index (χ0n) is 1.53. The molecule has 0 heterocycles. The van der Waals surface area contributed by atoms with Crippen molar-refractivity contribution in [2.75, 3.05) is 0 Å². The molecule has 0 spiro atoms. The summed E-state index contributed by atoms with van der Waals surface area (Å²) < 4.78 is 0. The van der Waals surface area contributed by atoms with Gasteiger partial charge in [0.25, 0.3) is 0 Å². The van der Waals surface area contributed by atoms with Gasteiger partial charge in [0.1, 0.15) is 0 Å². The summed E-state index contributed by atoms with van der Waals surface area (Å²) in [7, 11) is 0. The summed E-state index contributed by atoms with van der Waals surface area (Å²) >= 11 is 0. The van der Waals surface area contributed by atoms with Gasteiger partial charge in [0.05, 0.1) is 0 Å². The third kappa shape index (κ3) is 8.82. The van der Waals surface area contributed by atoms with Crippen LogP contribution in [0.3, 0.4) is 0 Å². The van der Waals surface area contributed by atoms with Crippen LogP contribution in [0, 0.1) is 0 Å². The van der Waals surface area contributed by atoms with E-state index in [-0.39, 0.29) is 79.9 Å². The van der Waals surface area contributed by atoms with Crippen LogP contribution in [0.5, 0.6) is 0 Å². The minimum absolute atomic E-state index is 0. The average molecular weight is 421 g/mol. The molecule has 0 bridgehead atoms. The summed E-state index contributed by atoms with van der Waals surface area (Å²) in [5.74, 6) is 0. The van der Waals surface area contributed by atoms with E-state index in [1.807, 2.05) is 0 Å². The Labute approximate surface area is 78.8 Å². The molecule has 0 saturated heterocycles. The zero-order valence-corrected chi connectivity index (χ0v) is 9.41. The minimum atomic E-state index is 0. The first-order valence-corrected chi connectivity index (χ1v) is 0. The van der Waals surface area contributed by atoms with E-state index < -0.39 is 0 Å². The maximum atomic E-state index is 0. The molecule has 0 fully saturated rings. The smallest absolute Gasteiger partial charge is 0 e. The SMILES string of the molecule is [GeH4].[Nb].[Re].[Zn]. The molecule has 0 nitrogen and oxygen atoms in total. The molecule has 0 N–H and O–H groups in total. The van der Waals surface area contributed by atoms with Gasteiger partial charge < -0.3 is 0 Å². The molecular formula is H4GeNbReZn. The maximum absolute atomic E-state index is 0. The van der Waals surface area contributed by atoms with Gasteiger partial charge in [0.2, 0.25) is 0 Å². The summed E-state index contributed by atoms with van der Waals surface area (Å²) in [5, 5.41) is 0. The Kier molecular flexibility index (Phi) is 136. The van der Waals surface area contributed by atoms with Crippen molar-refractivity contribution in [2.45, 2.75) is 0 Å². The monoisotopic (exact) mass is 422 g/mol. The van der Waals surface area contributed by atoms with Gasteiger partial charge in [0, 0.05) is 62.3 Å². The quantitative estimate of drug-likeness (QED) is 0.420. The molecule has 0 aromatic carbocycles. The van der Waals surface area contributed by atoms with Crippen molar-refractivity contribution < 1.29 is 62.3 Å². The van der Waals surface area contributed by atoms with Crippen molar-refractivity contribution >= 4 is 17.6 Å². The Bertz CT molecular complexity index is 8.00. The van der Waals surface area contributed by atoms with E-state index in [1.165, 1.54) is 0 Å². The third-order valence-electron chi connectivity index (χ3n) is 0. The molecule has 0 aliphatic rings. The molecule has 0 unspecified atom stereocenters. The van der Waals surface area contributed by atoms with Crippen molar-refractivity contribution in [2.24, 2.45) is 0 Å². The molecule has 0 aliphatic carbocycles. The Hall–Kier alpha value is 2.57. The van der Waals surface area contributed by atoms with E-state index in [0.717, 1.165) is 0 Å². The number of hydrogen-bond donors (Lipinski definition) is 0. The first kappa shape index (κ1) is 30.9. The van der Waals surface area contributed by atoms with Gasteiger partial charge >= 0.3 is 17.6 Å². The van der Waals surface area contributed by atoms with Crippen molar-refractivity contribution in [3.05, 3.63) is 0 Å². The van der Waals surface area contributed by atoms with Gasteiger partial charge in [-0.15, -0.1) is 0 Å². The van der Waals surface area contributed by atoms with Gasteiger partial charge in [-0.3, -0.25) is 0 Å². The molecule has 0 aliphatic heterocycles. The second-order valence-electron chi connectivity index (χ2n) is 0. The Morgan fingerprint density at radius 2 is 1.00 bits per heavy atom. The fourth-order valence-corrected chi connectivity index (χ4v) is 0. The molecule has 0 saturated carbocycles. The number of hydrogen-bond acceptors (Lipinski definition) is 0. The van der Waals surface area contributed by atoms with E-state index in [2.05, 4.69) is 0 Å². The predicted molar refractivity (Wildman–Crippen MR) is 11.3 cm³/mol. The number of rotatable bonds is 0. The van der Waals surface area contributed by atoms with E-state index in [1.54, 1.807) is 0 Å². The van der Waals surface area contributed by atoms with E-state index in [4.69, 9.17) is 0 Å². The van der Waals surface area contributed by atoms with Gasteiger partial charge in [-0.05, 0) is 0 Å². The molecule has 2 radical (unpaired) electrons. The van der Waals surface area contributed by atoms with Gasteiger partial charge in [-0.2, -0.15) is 0 Å².